The highest BCUT2D eigenvalue weighted by Gasteiger charge is 2.17. The molecule has 0 fully saturated rings. The molecule has 0 heterocycles. The molecular formula is C12H24N4O4. The first-order valence-corrected chi connectivity index (χ1v) is 6.69. The quantitative estimate of drug-likeness (QED) is 0.177. The van der Waals surface area contributed by atoms with Crippen molar-refractivity contribution in [1.29, 1.82) is 0 Å². The van der Waals surface area contributed by atoms with Crippen LogP contribution < -0.4 is 17.2 Å². The summed E-state index contributed by atoms with van der Waals surface area (Å²) < 4.78 is 0. The summed E-state index contributed by atoms with van der Waals surface area (Å²) in [5.74, 6) is -1.36. The van der Waals surface area contributed by atoms with Gasteiger partial charge in [-0.15, -0.1) is 0 Å². The first kappa shape index (κ1) is 18.2. The van der Waals surface area contributed by atoms with E-state index in [1.54, 1.807) is 0 Å². The van der Waals surface area contributed by atoms with E-state index < -0.39 is 18.0 Å². The molecule has 0 bridgehead atoms. The molecule has 0 aliphatic rings. The summed E-state index contributed by atoms with van der Waals surface area (Å²) in [6.45, 7) is 2.40. The lowest BCUT2D eigenvalue weighted by molar-refractivity contribution is -0.260. The summed E-state index contributed by atoms with van der Waals surface area (Å²) in [7, 11) is 0. The van der Waals surface area contributed by atoms with E-state index in [0.717, 1.165) is 12.8 Å². The van der Waals surface area contributed by atoms with Crippen LogP contribution in [0.2, 0.25) is 0 Å². The lowest BCUT2D eigenvalue weighted by Gasteiger charge is -2.08. The van der Waals surface area contributed by atoms with Gasteiger partial charge in [-0.1, -0.05) is 19.8 Å². The molecule has 0 spiro atoms. The van der Waals surface area contributed by atoms with Gasteiger partial charge in [-0.05, 0) is 19.3 Å². The molecule has 0 saturated heterocycles. The lowest BCUT2D eigenvalue weighted by atomic mass is 10.2. The predicted octanol–water partition coefficient (Wildman–Crippen LogP) is -0.0510. The van der Waals surface area contributed by atoms with Crippen molar-refractivity contribution < 1.29 is 19.4 Å². The minimum absolute atomic E-state index is 0.0119. The molecule has 1 atom stereocenters. The maximum atomic E-state index is 11.4. The fourth-order valence-electron chi connectivity index (χ4n) is 1.35. The molecule has 0 amide bonds. The van der Waals surface area contributed by atoms with Crippen molar-refractivity contribution in [2.75, 3.05) is 6.54 Å². The number of guanidine groups is 1. The van der Waals surface area contributed by atoms with Gasteiger partial charge in [-0.3, -0.25) is 4.99 Å². The SMILES string of the molecule is CCCCCC(=O)OOC(=O)[C@@H](N)CCCN=C(N)N. The van der Waals surface area contributed by atoms with Crippen molar-refractivity contribution in [2.24, 2.45) is 22.2 Å². The van der Waals surface area contributed by atoms with Crippen LogP contribution in [0.15, 0.2) is 4.99 Å². The standard InChI is InChI=1S/C12H24N4O4/c1-2-3-4-7-10(17)19-20-11(18)9(13)6-5-8-16-12(14)15/h9H,2-8,13H2,1H3,(H4,14,15,16)/t9-/m0/s1. The molecule has 0 radical (unpaired) electrons. The second-order valence-electron chi connectivity index (χ2n) is 4.37. The Balaban J connectivity index is 3.74. The topological polar surface area (TPSA) is 143 Å². The molecule has 6 N–H and O–H groups in total. The fourth-order valence-corrected chi connectivity index (χ4v) is 1.35. The minimum Gasteiger partial charge on any atom is -0.370 e. The highest BCUT2D eigenvalue weighted by atomic mass is 17.2. The van der Waals surface area contributed by atoms with Gasteiger partial charge in [0.1, 0.15) is 6.04 Å². The maximum Gasteiger partial charge on any atom is 0.372 e. The zero-order valence-electron chi connectivity index (χ0n) is 11.8. The van der Waals surface area contributed by atoms with Crippen molar-refractivity contribution in [3.63, 3.8) is 0 Å². The maximum absolute atomic E-state index is 11.4. The Kier molecular flexibility index (Phi) is 10.0. The number of hydrogen-bond acceptors (Lipinski definition) is 6. The van der Waals surface area contributed by atoms with Gasteiger partial charge in [0, 0.05) is 6.54 Å². The van der Waals surface area contributed by atoms with Crippen LogP contribution in [0.5, 0.6) is 0 Å². The van der Waals surface area contributed by atoms with Gasteiger partial charge in [-0.2, -0.15) is 0 Å². The number of rotatable bonds is 9. The Morgan fingerprint density at radius 1 is 1.15 bits per heavy atom. The van der Waals surface area contributed by atoms with Gasteiger partial charge in [0.15, 0.2) is 5.96 Å². The lowest BCUT2D eigenvalue weighted by Crippen LogP contribution is -2.33. The monoisotopic (exact) mass is 288 g/mol. The number of carbonyl (C=O) groups is 2. The predicted molar refractivity (Wildman–Crippen MR) is 74.2 cm³/mol. The summed E-state index contributed by atoms with van der Waals surface area (Å²) in [6.07, 6.45) is 3.71. The van der Waals surface area contributed by atoms with Crippen molar-refractivity contribution >= 4 is 17.9 Å². The zero-order chi connectivity index (χ0) is 15.4. The Morgan fingerprint density at radius 3 is 2.45 bits per heavy atom. The van der Waals surface area contributed by atoms with E-state index in [1.165, 1.54) is 0 Å². The molecule has 8 nitrogen and oxygen atoms in total. The minimum atomic E-state index is -0.868. The highest BCUT2D eigenvalue weighted by Crippen LogP contribution is 2.02. The van der Waals surface area contributed by atoms with E-state index >= 15 is 0 Å². The largest absolute Gasteiger partial charge is 0.372 e. The molecule has 20 heavy (non-hydrogen) atoms. The van der Waals surface area contributed by atoms with Crippen LogP contribution in [0, 0.1) is 0 Å². The first-order chi connectivity index (χ1) is 9.47. The van der Waals surface area contributed by atoms with E-state index in [1.807, 2.05) is 6.92 Å². The molecule has 0 aromatic heterocycles. The molecular weight excluding hydrogens is 264 g/mol. The van der Waals surface area contributed by atoms with E-state index in [-0.39, 0.29) is 12.4 Å². The molecule has 0 rings (SSSR count). The van der Waals surface area contributed by atoms with Crippen LogP contribution in [0.25, 0.3) is 0 Å². The molecule has 8 heteroatoms. The third-order valence-electron chi connectivity index (χ3n) is 2.47. The van der Waals surface area contributed by atoms with E-state index in [9.17, 15) is 9.59 Å². The van der Waals surface area contributed by atoms with Crippen molar-refractivity contribution in [1.82, 2.24) is 0 Å². The third kappa shape index (κ3) is 10.1. The second kappa shape index (κ2) is 11.0. The summed E-state index contributed by atoms with van der Waals surface area (Å²) in [5, 5.41) is 0. The van der Waals surface area contributed by atoms with Crippen LogP contribution >= 0.6 is 0 Å². The Bertz CT molecular complexity index is 329. The molecule has 0 aliphatic carbocycles. The van der Waals surface area contributed by atoms with Crippen LogP contribution in [-0.4, -0.2) is 30.5 Å². The van der Waals surface area contributed by atoms with Gasteiger partial charge in [0.25, 0.3) is 0 Å². The van der Waals surface area contributed by atoms with Gasteiger partial charge in [-0.25, -0.2) is 19.4 Å². The normalized spacial score (nSPS) is 11.5. The smallest absolute Gasteiger partial charge is 0.370 e. The number of carbonyl (C=O) groups excluding carboxylic acids is 2. The van der Waals surface area contributed by atoms with Crippen LogP contribution in [0.4, 0.5) is 0 Å². The second-order valence-corrected chi connectivity index (χ2v) is 4.37. The highest BCUT2D eigenvalue weighted by molar-refractivity contribution is 5.77. The van der Waals surface area contributed by atoms with Crippen molar-refractivity contribution in [2.45, 2.75) is 51.5 Å². The van der Waals surface area contributed by atoms with Crippen molar-refractivity contribution in [3.8, 4) is 0 Å². The first-order valence-electron chi connectivity index (χ1n) is 6.69. The molecule has 0 aromatic rings. The van der Waals surface area contributed by atoms with Crippen LogP contribution in [0.3, 0.4) is 0 Å². The fraction of sp³-hybridized carbons (Fsp3) is 0.750. The van der Waals surface area contributed by atoms with Crippen LogP contribution in [-0.2, 0) is 19.4 Å². The van der Waals surface area contributed by atoms with E-state index in [0.29, 0.717) is 25.8 Å². The van der Waals surface area contributed by atoms with E-state index in [4.69, 9.17) is 17.2 Å². The zero-order valence-corrected chi connectivity index (χ0v) is 11.8. The summed E-state index contributed by atoms with van der Waals surface area (Å²) in [4.78, 5) is 35.1. The van der Waals surface area contributed by atoms with Crippen molar-refractivity contribution in [3.05, 3.63) is 0 Å². The number of nitrogens with two attached hydrogens (primary N) is 3. The van der Waals surface area contributed by atoms with Gasteiger partial charge in [0.2, 0.25) is 0 Å². The summed E-state index contributed by atoms with van der Waals surface area (Å²) >= 11 is 0. The third-order valence-corrected chi connectivity index (χ3v) is 2.47. The summed E-state index contributed by atoms with van der Waals surface area (Å²) in [6, 6.07) is -0.868. The molecule has 0 aliphatic heterocycles. The van der Waals surface area contributed by atoms with Gasteiger partial charge >= 0.3 is 11.9 Å². The van der Waals surface area contributed by atoms with Gasteiger partial charge in [0.05, 0.1) is 6.42 Å². The molecule has 0 aromatic carbocycles. The van der Waals surface area contributed by atoms with Crippen LogP contribution in [0.1, 0.15) is 45.4 Å². The Morgan fingerprint density at radius 2 is 1.85 bits per heavy atom. The Hall–Kier alpha value is -1.83. The molecule has 0 unspecified atom stereocenters. The van der Waals surface area contributed by atoms with E-state index in [2.05, 4.69) is 14.8 Å². The average Bonchev–Trinajstić information content (AvgIpc) is 2.40. The summed E-state index contributed by atoms with van der Waals surface area (Å²) in [5.41, 5.74) is 15.9. The van der Waals surface area contributed by atoms with Gasteiger partial charge < -0.3 is 17.2 Å². The Labute approximate surface area is 118 Å². The number of hydrogen-bond donors (Lipinski definition) is 3. The average molecular weight is 288 g/mol. The number of unbranched alkanes of at least 4 members (excludes halogenated alkanes) is 2. The number of nitrogens with zero attached hydrogens (tertiary/aromatic N) is 1. The molecule has 116 valence electrons. The molecule has 0 saturated carbocycles. The number of aliphatic imine (C=N–C) groups is 1.